The zero-order valence-electron chi connectivity index (χ0n) is 16.1. The highest BCUT2D eigenvalue weighted by atomic mass is 32.2. The lowest BCUT2D eigenvalue weighted by Crippen LogP contribution is -2.38. The first-order valence-corrected chi connectivity index (χ1v) is 11.2. The van der Waals surface area contributed by atoms with E-state index in [1.165, 1.54) is 11.3 Å². The second-order valence-corrected chi connectivity index (χ2v) is 8.52. The van der Waals surface area contributed by atoms with Crippen LogP contribution >= 0.6 is 23.1 Å². The fourth-order valence-electron chi connectivity index (χ4n) is 3.54. The molecule has 0 amide bonds. The largest absolute Gasteiger partial charge is 0.378 e. The van der Waals surface area contributed by atoms with Gasteiger partial charge in [0.05, 0.1) is 24.5 Å². The molecular weight excluding hydrogens is 412 g/mol. The van der Waals surface area contributed by atoms with Crippen molar-refractivity contribution in [1.29, 1.82) is 0 Å². The van der Waals surface area contributed by atoms with Crippen molar-refractivity contribution in [3.63, 3.8) is 0 Å². The summed E-state index contributed by atoms with van der Waals surface area (Å²) in [7, 11) is 1.73. The molecule has 12 heteroatoms. The van der Waals surface area contributed by atoms with Crippen molar-refractivity contribution in [3.05, 3.63) is 27.6 Å². The molecule has 1 aliphatic heterocycles. The van der Waals surface area contributed by atoms with E-state index in [1.54, 1.807) is 23.4 Å². The molecule has 0 N–H and O–H groups in total. The summed E-state index contributed by atoms with van der Waals surface area (Å²) in [5.74, 6) is 2.78. The molecule has 1 fully saturated rings. The molecule has 0 atom stereocenters. The fourth-order valence-corrected chi connectivity index (χ4v) is 5.30. The minimum Gasteiger partial charge on any atom is -0.378 e. The van der Waals surface area contributed by atoms with Gasteiger partial charge in [-0.05, 0) is 18.4 Å². The first-order chi connectivity index (χ1) is 14.2. The molecule has 10 nitrogen and oxygen atoms in total. The van der Waals surface area contributed by atoms with Gasteiger partial charge in [0.1, 0.15) is 10.5 Å². The SMILES string of the molecule is CCn1c(SCc2nnc3n(C)c(=O)c4sccc4n23)nnc1N1CCOCC1. The average molecular weight is 433 g/mol. The maximum atomic E-state index is 12.5. The van der Waals surface area contributed by atoms with Gasteiger partial charge < -0.3 is 9.64 Å². The highest BCUT2D eigenvalue weighted by Gasteiger charge is 2.21. The summed E-state index contributed by atoms with van der Waals surface area (Å²) in [6.07, 6.45) is 0. The topological polar surface area (TPSA) is 95.4 Å². The van der Waals surface area contributed by atoms with Crippen molar-refractivity contribution >= 4 is 45.0 Å². The molecule has 1 aliphatic rings. The summed E-state index contributed by atoms with van der Waals surface area (Å²) in [4.78, 5) is 14.7. The van der Waals surface area contributed by atoms with Gasteiger partial charge in [-0.15, -0.1) is 31.7 Å². The number of ether oxygens (including phenoxy) is 1. The number of hydrogen-bond acceptors (Lipinski definition) is 9. The Morgan fingerprint density at radius 3 is 2.83 bits per heavy atom. The van der Waals surface area contributed by atoms with Crippen LogP contribution < -0.4 is 10.5 Å². The third-order valence-electron chi connectivity index (χ3n) is 5.04. The molecule has 5 rings (SSSR count). The third-order valence-corrected chi connectivity index (χ3v) is 6.89. The van der Waals surface area contributed by atoms with E-state index in [-0.39, 0.29) is 5.56 Å². The van der Waals surface area contributed by atoms with Crippen molar-refractivity contribution in [2.75, 3.05) is 31.2 Å². The number of aromatic nitrogens is 7. The molecule has 4 aromatic rings. The van der Waals surface area contributed by atoms with Gasteiger partial charge >= 0.3 is 0 Å². The maximum absolute atomic E-state index is 12.5. The van der Waals surface area contributed by atoms with Crippen molar-refractivity contribution in [3.8, 4) is 0 Å². The van der Waals surface area contributed by atoms with Crippen LogP contribution in [0.2, 0.25) is 0 Å². The highest BCUT2D eigenvalue weighted by molar-refractivity contribution is 7.98. The quantitative estimate of drug-likeness (QED) is 0.437. The van der Waals surface area contributed by atoms with Crippen LogP contribution in [-0.4, -0.2) is 60.2 Å². The van der Waals surface area contributed by atoms with E-state index in [1.807, 2.05) is 15.8 Å². The smallest absolute Gasteiger partial charge is 0.272 e. The van der Waals surface area contributed by atoms with Crippen LogP contribution in [0.25, 0.3) is 16.0 Å². The number of aryl methyl sites for hydroxylation is 1. The Bertz CT molecular complexity index is 1230. The molecule has 152 valence electrons. The van der Waals surface area contributed by atoms with Crippen LogP contribution in [0.3, 0.4) is 0 Å². The number of thioether (sulfide) groups is 1. The average Bonchev–Trinajstić information content (AvgIpc) is 3.48. The lowest BCUT2D eigenvalue weighted by atomic mass is 10.4. The van der Waals surface area contributed by atoms with E-state index < -0.39 is 0 Å². The van der Waals surface area contributed by atoms with Crippen LogP contribution in [0.15, 0.2) is 21.4 Å². The lowest BCUT2D eigenvalue weighted by molar-refractivity contribution is 0.121. The predicted octanol–water partition coefficient (Wildman–Crippen LogP) is 1.38. The van der Waals surface area contributed by atoms with Gasteiger partial charge in [0.2, 0.25) is 11.7 Å². The van der Waals surface area contributed by atoms with Gasteiger partial charge in [-0.1, -0.05) is 11.8 Å². The molecular formula is C17H20N8O2S2. The Morgan fingerprint density at radius 2 is 2.03 bits per heavy atom. The monoisotopic (exact) mass is 432 g/mol. The van der Waals surface area contributed by atoms with Gasteiger partial charge in [-0.3, -0.25) is 18.3 Å². The highest BCUT2D eigenvalue weighted by Crippen LogP contribution is 2.27. The molecule has 0 spiro atoms. The van der Waals surface area contributed by atoms with Crippen molar-refractivity contribution in [2.24, 2.45) is 7.05 Å². The molecule has 0 bridgehead atoms. The molecule has 0 aromatic carbocycles. The number of hydrogen-bond donors (Lipinski definition) is 0. The second-order valence-electron chi connectivity index (χ2n) is 6.67. The summed E-state index contributed by atoms with van der Waals surface area (Å²) in [5, 5.41) is 20.2. The number of thiophene rings is 1. The molecule has 0 saturated carbocycles. The summed E-state index contributed by atoms with van der Waals surface area (Å²) in [5.41, 5.74) is 0.801. The van der Waals surface area contributed by atoms with Crippen LogP contribution in [0.1, 0.15) is 12.7 Å². The first-order valence-electron chi connectivity index (χ1n) is 9.38. The Balaban J connectivity index is 1.47. The van der Waals surface area contributed by atoms with Crippen LogP contribution in [0.5, 0.6) is 0 Å². The molecule has 0 unspecified atom stereocenters. The molecule has 4 aromatic heterocycles. The van der Waals surface area contributed by atoms with E-state index >= 15 is 0 Å². The second kappa shape index (κ2) is 7.43. The number of nitrogens with zero attached hydrogens (tertiary/aromatic N) is 8. The Hall–Kier alpha value is -2.44. The number of anilines is 1. The summed E-state index contributed by atoms with van der Waals surface area (Å²) in [6.45, 7) is 5.93. The summed E-state index contributed by atoms with van der Waals surface area (Å²) < 4.78 is 11.8. The van der Waals surface area contributed by atoms with Gasteiger partial charge in [-0.25, -0.2) is 0 Å². The van der Waals surface area contributed by atoms with Crippen LogP contribution in [0, 0.1) is 0 Å². The third kappa shape index (κ3) is 3.02. The normalized spacial score (nSPS) is 15.0. The van der Waals surface area contributed by atoms with Gasteiger partial charge in [0.15, 0.2) is 5.16 Å². The van der Waals surface area contributed by atoms with Gasteiger partial charge in [0, 0.05) is 26.7 Å². The van der Waals surface area contributed by atoms with E-state index in [0.29, 0.717) is 29.4 Å². The Morgan fingerprint density at radius 1 is 1.21 bits per heavy atom. The maximum Gasteiger partial charge on any atom is 0.272 e. The van der Waals surface area contributed by atoms with E-state index in [0.717, 1.165) is 42.1 Å². The molecule has 1 saturated heterocycles. The minimum atomic E-state index is -0.0463. The van der Waals surface area contributed by atoms with Gasteiger partial charge in [-0.2, -0.15) is 0 Å². The minimum absolute atomic E-state index is 0.0463. The fraction of sp³-hybridized carbons (Fsp3) is 0.471. The summed E-state index contributed by atoms with van der Waals surface area (Å²) >= 11 is 3.01. The van der Waals surface area contributed by atoms with Crippen molar-refractivity contribution < 1.29 is 4.74 Å². The predicted molar refractivity (Wildman–Crippen MR) is 112 cm³/mol. The number of morpholine rings is 1. The Kier molecular flexibility index (Phi) is 4.76. The van der Waals surface area contributed by atoms with E-state index in [2.05, 4.69) is 36.8 Å². The zero-order valence-corrected chi connectivity index (χ0v) is 17.7. The first kappa shape index (κ1) is 18.6. The number of rotatable bonds is 5. The van der Waals surface area contributed by atoms with Crippen LogP contribution in [-0.2, 0) is 24.1 Å². The van der Waals surface area contributed by atoms with Crippen LogP contribution in [0.4, 0.5) is 5.95 Å². The Labute approximate surface area is 174 Å². The standard InChI is InChI=1S/C17H20N8O2S2/c1-3-24-16(23-5-7-27-8-6-23)20-21-17(24)29-10-12-18-19-15-22(2)14(26)13-11(25(12)15)4-9-28-13/h4,9H,3,5-8,10H2,1-2H3. The van der Waals surface area contributed by atoms with E-state index in [4.69, 9.17) is 4.74 Å². The lowest BCUT2D eigenvalue weighted by Gasteiger charge is -2.27. The molecule has 0 radical (unpaired) electrons. The molecule has 0 aliphatic carbocycles. The van der Waals surface area contributed by atoms with E-state index in [9.17, 15) is 4.79 Å². The van der Waals surface area contributed by atoms with Crippen molar-refractivity contribution in [2.45, 2.75) is 24.4 Å². The van der Waals surface area contributed by atoms with Gasteiger partial charge in [0.25, 0.3) is 5.56 Å². The number of fused-ring (bicyclic) bond motifs is 3. The zero-order chi connectivity index (χ0) is 20.0. The molecule has 29 heavy (non-hydrogen) atoms. The summed E-state index contributed by atoms with van der Waals surface area (Å²) in [6, 6.07) is 1.94. The molecule has 5 heterocycles. The van der Waals surface area contributed by atoms with Crippen molar-refractivity contribution in [1.82, 2.24) is 33.9 Å².